The first-order valence-electron chi connectivity index (χ1n) is 10.2. The molecule has 3 N–H and O–H groups in total. The van der Waals surface area contributed by atoms with Crippen molar-refractivity contribution in [3.63, 3.8) is 0 Å². The standard InChI is InChI=1S/C20H27FN4O4S/c1-13(15-7-8-16(21)17(11-15)22-19(27)14-5-6-14)24-30(29)10-4-2-3-9-25-12-18(26)23-20(25)28/h7-8,11,13-14,24H,2-6,9-10,12H2,1H3,(H,22,27)(H,23,26,28). The summed E-state index contributed by atoms with van der Waals surface area (Å²) in [6.45, 7) is 2.43. The van der Waals surface area contributed by atoms with Gasteiger partial charge in [0.2, 0.25) is 11.8 Å². The lowest BCUT2D eigenvalue weighted by molar-refractivity contribution is -0.118. The number of halogens is 1. The number of anilines is 1. The van der Waals surface area contributed by atoms with Gasteiger partial charge in [0, 0.05) is 24.3 Å². The van der Waals surface area contributed by atoms with E-state index < -0.39 is 16.8 Å². The van der Waals surface area contributed by atoms with Crippen molar-refractivity contribution in [1.29, 1.82) is 0 Å². The van der Waals surface area contributed by atoms with Crippen LogP contribution in [0.3, 0.4) is 0 Å². The summed E-state index contributed by atoms with van der Waals surface area (Å²) in [6.07, 6.45) is 3.91. The number of urea groups is 1. The molecule has 1 saturated heterocycles. The van der Waals surface area contributed by atoms with E-state index in [0.29, 0.717) is 18.7 Å². The van der Waals surface area contributed by atoms with E-state index in [-0.39, 0.29) is 42.0 Å². The van der Waals surface area contributed by atoms with E-state index >= 15 is 0 Å². The van der Waals surface area contributed by atoms with Crippen LogP contribution < -0.4 is 15.4 Å². The molecule has 2 unspecified atom stereocenters. The number of nitrogens with one attached hydrogen (secondary N) is 3. The smallest absolute Gasteiger partial charge is 0.323 e. The molecule has 1 saturated carbocycles. The summed E-state index contributed by atoms with van der Waals surface area (Å²) in [6, 6.07) is 3.86. The molecule has 2 aliphatic rings. The molecule has 2 fully saturated rings. The zero-order valence-electron chi connectivity index (χ0n) is 16.9. The summed E-state index contributed by atoms with van der Waals surface area (Å²) in [7, 11) is -1.27. The number of hydrogen-bond donors (Lipinski definition) is 3. The van der Waals surface area contributed by atoms with Crippen LogP contribution in [-0.2, 0) is 20.6 Å². The third-order valence-corrected chi connectivity index (χ3v) is 6.41. The van der Waals surface area contributed by atoms with Crippen LogP contribution in [0.25, 0.3) is 0 Å². The summed E-state index contributed by atoms with van der Waals surface area (Å²) >= 11 is 0. The highest BCUT2D eigenvalue weighted by Gasteiger charge is 2.30. The number of nitrogens with zero attached hydrogens (tertiary/aromatic N) is 1. The zero-order chi connectivity index (χ0) is 21.7. The molecule has 8 nitrogen and oxygen atoms in total. The molecule has 1 aliphatic carbocycles. The van der Waals surface area contributed by atoms with Gasteiger partial charge in [-0.1, -0.05) is 12.5 Å². The Morgan fingerprint density at radius 3 is 2.73 bits per heavy atom. The van der Waals surface area contributed by atoms with E-state index in [1.807, 2.05) is 6.92 Å². The number of carbonyl (C=O) groups is 3. The Hall–Kier alpha value is -2.33. The Kier molecular flexibility index (Phi) is 7.54. The fourth-order valence-electron chi connectivity index (χ4n) is 3.19. The molecule has 1 heterocycles. The van der Waals surface area contributed by atoms with Gasteiger partial charge in [-0.15, -0.1) is 0 Å². The first kappa shape index (κ1) is 22.4. The molecule has 164 valence electrons. The number of hydrogen-bond acceptors (Lipinski definition) is 4. The first-order chi connectivity index (χ1) is 14.3. The number of carbonyl (C=O) groups excluding carboxylic acids is 3. The largest absolute Gasteiger partial charge is 0.324 e. The molecule has 2 atom stereocenters. The number of unbranched alkanes of at least 4 members (excludes halogenated alkanes) is 2. The maximum absolute atomic E-state index is 14.0. The van der Waals surface area contributed by atoms with Gasteiger partial charge in [-0.05, 0) is 50.3 Å². The van der Waals surface area contributed by atoms with E-state index in [9.17, 15) is 23.0 Å². The van der Waals surface area contributed by atoms with Crippen LogP contribution >= 0.6 is 0 Å². The highest BCUT2D eigenvalue weighted by atomic mass is 32.2. The third kappa shape index (κ3) is 6.33. The van der Waals surface area contributed by atoms with Gasteiger partial charge >= 0.3 is 6.03 Å². The molecule has 3 rings (SSSR count). The van der Waals surface area contributed by atoms with E-state index in [1.54, 1.807) is 12.1 Å². The van der Waals surface area contributed by atoms with E-state index in [2.05, 4.69) is 15.4 Å². The van der Waals surface area contributed by atoms with Crippen LogP contribution in [0.5, 0.6) is 0 Å². The molecular formula is C20H27FN4O4S. The Labute approximate surface area is 177 Å². The zero-order valence-corrected chi connectivity index (χ0v) is 17.7. The van der Waals surface area contributed by atoms with Crippen LogP contribution in [-0.4, -0.2) is 45.8 Å². The minimum atomic E-state index is -1.27. The summed E-state index contributed by atoms with van der Waals surface area (Å²) < 4.78 is 29.3. The van der Waals surface area contributed by atoms with E-state index in [1.165, 1.54) is 11.0 Å². The van der Waals surface area contributed by atoms with Crippen LogP contribution in [0, 0.1) is 11.7 Å². The predicted molar refractivity (Wildman–Crippen MR) is 111 cm³/mol. The second-order valence-electron chi connectivity index (χ2n) is 7.73. The second-order valence-corrected chi connectivity index (χ2v) is 9.06. The monoisotopic (exact) mass is 438 g/mol. The predicted octanol–water partition coefficient (Wildman–Crippen LogP) is 2.21. The average Bonchev–Trinajstić information content (AvgIpc) is 3.48. The molecule has 0 aromatic heterocycles. The Balaban J connectivity index is 1.39. The summed E-state index contributed by atoms with van der Waals surface area (Å²) in [5.41, 5.74) is 0.883. The SMILES string of the molecule is CC(NS(=O)CCCCCN1CC(=O)NC1=O)c1ccc(F)c(NC(=O)C2CC2)c1. The quantitative estimate of drug-likeness (QED) is 0.364. The molecule has 1 aromatic carbocycles. The molecule has 10 heteroatoms. The maximum atomic E-state index is 14.0. The van der Waals surface area contributed by atoms with E-state index in [0.717, 1.165) is 31.2 Å². The van der Waals surface area contributed by atoms with Crippen molar-refractivity contribution >= 4 is 34.5 Å². The van der Waals surface area contributed by atoms with Crippen molar-refractivity contribution in [3.05, 3.63) is 29.6 Å². The molecule has 1 aliphatic heterocycles. The lowest BCUT2D eigenvalue weighted by atomic mass is 10.1. The average molecular weight is 439 g/mol. The van der Waals surface area contributed by atoms with Gasteiger partial charge in [0.25, 0.3) is 0 Å². The van der Waals surface area contributed by atoms with Crippen molar-refractivity contribution < 1.29 is 23.0 Å². The topological polar surface area (TPSA) is 108 Å². The van der Waals surface area contributed by atoms with Crippen molar-refractivity contribution in [3.8, 4) is 0 Å². The van der Waals surface area contributed by atoms with Gasteiger partial charge in [0.15, 0.2) is 0 Å². The summed E-state index contributed by atoms with van der Waals surface area (Å²) in [5.74, 6) is -0.505. The fraction of sp³-hybridized carbons (Fsp3) is 0.550. The Bertz CT molecular complexity index is 846. The van der Waals surface area contributed by atoms with Crippen LogP contribution in [0.1, 0.15) is 50.6 Å². The number of benzene rings is 1. The fourth-order valence-corrected chi connectivity index (χ4v) is 4.30. The van der Waals surface area contributed by atoms with Crippen molar-refractivity contribution in [2.24, 2.45) is 5.92 Å². The summed E-state index contributed by atoms with van der Waals surface area (Å²) in [5, 5.41) is 4.86. The molecule has 30 heavy (non-hydrogen) atoms. The highest BCUT2D eigenvalue weighted by Crippen LogP contribution is 2.31. The molecule has 0 bridgehead atoms. The van der Waals surface area contributed by atoms with Gasteiger partial charge in [0.1, 0.15) is 12.4 Å². The maximum Gasteiger partial charge on any atom is 0.324 e. The van der Waals surface area contributed by atoms with Crippen LogP contribution in [0.15, 0.2) is 18.2 Å². The summed E-state index contributed by atoms with van der Waals surface area (Å²) in [4.78, 5) is 35.9. The van der Waals surface area contributed by atoms with Gasteiger partial charge in [-0.3, -0.25) is 14.9 Å². The first-order valence-corrected chi connectivity index (χ1v) is 11.5. The lowest BCUT2D eigenvalue weighted by Crippen LogP contribution is -2.29. The molecule has 4 amide bonds. The molecule has 1 aromatic rings. The van der Waals surface area contributed by atoms with Gasteiger partial charge in [-0.25, -0.2) is 18.1 Å². The highest BCUT2D eigenvalue weighted by molar-refractivity contribution is 7.83. The molecule has 0 spiro atoms. The Morgan fingerprint density at radius 1 is 1.30 bits per heavy atom. The van der Waals surface area contributed by atoms with Crippen LogP contribution in [0.4, 0.5) is 14.9 Å². The van der Waals surface area contributed by atoms with Crippen molar-refractivity contribution in [2.75, 3.05) is 24.2 Å². The minimum Gasteiger partial charge on any atom is -0.323 e. The second kappa shape index (κ2) is 10.1. The lowest BCUT2D eigenvalue weighted by Gasteiger charge is -2.16. The van der Waals surface area contributed by atoms with Gasteiger partial charge < -0.3 is 10.2 Å². The number of amides is 4. The van der Waals surface area contributed by atoms with Gasteiger partial charge in [-0.2, -0.15) is 0 Å². The normalized spacial score (nSPS) is 18.3. The van der Waals surface area contributed by atoms with Crippen molar-refractivity contribution in [1.82, 2.24) is 14.9 Å². The number of rotatable bonds is 11. The van der Waals surface area contributed by atoms with Gasteiger partial charge in [0.05, 0.1) is 16.7 Å². The van der Waals surface area contributed by atoms with Crippen molar-refractivity contribution in [2.45, 2.75) is 45.1 Å². The third-order valence-electron chi connectivity index (χ3n) is 5.13. The van der Waals surface area contributed by atoms with E-state index in [4.69, 9.17) is 0 Å². The minimum absolute atomic E-state index is 0.0172. The molecular weight excluding hydrogens is 411 g/mol. The Morgan fingerprint density at radius 2 is 2.07 bits per heavy atom. The number of imide groups is 1. The molecule has 0 radical (unpaired) electrons. The van der Waals surface area contributed by atoms with Crippen LogP contribution in [0.2, 0.25) is 0 Å².